The van der Waals surface area contributed by atoms with Crippen molar-refractivity contribution in [1.29, 1.82) is 0 Å². The molecule has 9 heteroatoms. The first-order valence-corrected chi connectivity index (χ1v) is 5.87. The van der Waals surface area contributed by atoms with Gasteiger partial charge in [-0.05, 0) is 0 Å². The number of hydrogen-bond acceptors (Lipinski definition) is 7. The van der Waals surface area contributed by atoms with Crippen LogP contribution >= 0.6 is 22.3 Å². The van der Waals surface area contributed by atoms with E-state index in [1.165, 1.54) is 12.4 Å². The second kappa shape index (κ2) is 4.11. The Labute approximate surface area is 86.0 Å². The van der Waals surface area contributed by atoms with E-state index in [-0.39, 0.29) is 10.8 Å². The summed E-state index contributed by atoms with van der Waals surface area (Å²) >= 11 is 1.06. The summed E-state index contributed by atoms with van der Waals surface area (Å²) in [4.78, 5) is 14.4. The maximum Gasteiger partial charge on any atom is 0.268 e. The van der Waals surface area contributed by atoms with Gasteiger partial charge in [-0.25, -0.2) is 14.4 Å². The Morgan fingerprint density at radius 3 is 2.79 bits per heavy atom. The van der Waals surface area contributed by atoms with Gasteiger partial charge in [0.2, 0.25) is 5.13 Å². The highest BCUT2D eigenvalue weighted by atomic mass is 32.3. The van der Waals surface area contributed by atoms with E-state index in [2.05, 4.69) is 14.4 Å². The first-order valence-electron chi connectivity index (χ1n) is 3.44. The molecule has 0 saturated heterocycles. The number of carbonyl (C=O) groups is 1. The van der Waals surface area contributed by atoms with Gasteiger partial charge in [0.15, 0.2) is 0 Å². The minimum Gasteiger partial charge on any atom is -0.364 e. The lowest BCUT2D eigenvalue weighted by Crippen LogP contribution is -2.22. The molecule has 0 aliphatic heterocycles. The second-order valence-electron chi connectivity index (χ2n) is 2.26. The predicted molar refractivity (Wildman–Crippen MR) is 56.2 cm³/mol. The van der Waals surface area contributed by atoms with E-state index >= 15 is 0 Å². The van der Waals surface area contributed by atoms with Crippen molar-refractivity contribution < 1.29 is 13.9 Å². The summed E-state index contributed by atoms with van der Waals surface area (Å²) in [6.45, 7) is 0. The molecule has 0 bridgehead atoms. The highest BCUT2D eigenvalue weighted by Crippen LogP contribution is 2.34. The summed E-state index contributed by atoms with van der Waals surface area (Å²) in [5.41, 5.74) is 5.05. The molecule has 1 rings (SSSR count). The van der Waals surface area contributed by atoms with E-state index in [9.17, 15) is 13.9 Å². The summed E-state index contributed by atoms with van der Waals surface area (Å²) in [6, 6.07) is 0. The van der Waals surface area contributed by atoms with Crippen molar-refractivity contribution >= 4 is 33.3 Å². The minimum atomic E-state index is -3.09. The van der Waals surface area contributed by atoms with Crippen molar-refractivity contribution in [3.8, 4) is 0 Å². The molecule has 7 nitrogen and oxygen atoms in total. The van der Waals surface area contributed by atoms with Crippen molar-refractivity contribution in [3.63, 3.8) is 0 Å². The molecule has 80 valence electrons. The molecule has 1 heterocycles. The number of nitrogens with two attached hydrogens (primary N) is 1. The molecule has 14 heavy (non-hydrogen) atoms. The Morgan fingerprint density at radius 2 is 2.36 bits per heavy atom. The maximum absolute atomic E-state index is 10.7. The third-order valence-corrected chi connectivity index (χ3v) is 3.21. The van der Waals surface area contributed by atoms with E-state index in [1.54, 1.807) is 0 Å². The van der Waals surface area contributed by atoms with Gasteiger partial charge in [0.25, 0.3) is 5.91 Å². The van der Waals surface area contributed by atoms with Gasteiger partial charge < -0.3 is 5.73 Å². The number of nitrogens with one attached hydrogen (secondary N) is 2. The quantitative estimate of drug-likeness (QED) is 0.519. The number of carbonyl (C=O) groups excluding carboxylic acids is 1. The Bertz CT molecular complexity index is 339. The van der Waals surface area contributed by atoms with E-state index < -0.39 is 16.9 Å². The first kappa shape index (κ1) is 11.2. The lowest BCUT2D eigenvalue weighted by Gasteiger charge is -2.30. The molecule has 0 aliphatic rings. The molecule has 0 spiro atoms. The summed E-state index contributed by atoms with van der Waals surface area (Å²) in [5.74, 6) is -0.657. The lowest BCUT2D eigenvalue weighted by molar-refractivity contribution is 0.0996. The average Bonchev–Trinajstić information content (AvgIpc) is 2.52. The molecule has 0 radical (unpaired) electrons. The molecule has 0 aromatic carbocycles. The normalized spacial score (nSPS) is 12.5. The highest BCUT2D eigenvalue weighted by molar-refractivity contribution is 8.23. The molecule has 0 unspecified atom stereocenters. The third-order valence-electron chi connectivity index (χ3n) is 1.27. The number of hydrogen-bond donors (Lipinski definition) is 5. The van der Waals surface area contributed by atoms with Crippen LogP contribution in [0.15, 0.2) is 5.38 Å². The topological polar surface area (TPSA) is 120 Å². The van der Waals surface area contributed by atoms with Gasteiger partial charge in [0.05, 0.1) is 0 Å². The van der Waals surface area contributed by atoms with Crippen molar-refractivity contribution in [3.05, 3.63) is 11.1 Å². The number of rotatable bonds is 4. The van der Waals surface area contributed by atoms with Crippen LogP contribution in [0.3, 0.4) is 0 Å². The Balaban J connectivity index is 2.73. The standard InChI is InChI=1S/C5H10N4O3S2/c1-7-14(11,12)9-5-8-3(2-13-5)4(6)10/h2,7,11-12H,1H3,(H2,6,10)(H,8,9). The molecule has 1 aromatic heterocycles. The number of nitrogens with zero attached hydrogens (tertiary/aromatic N) is 1. The molecular formula is C5H10N4O3S2. The van der Waals surface area contributed by atoms with Crippen LogP contribution in [-0.4, -0.2) is 27.0 Å². The van der Waals surface area contributed by atoms with Gasteiger partial charge in [-0.1, -0.05) is 11.0 Å². The zero-order chi connectivity index (χ0) is 10.8. The minimum absolute atomic E-state index is 0.0869. The molecule has 0 atom stereocenters. The van der Waals surface area contributed by atoms with E-state index in [0.29, 0.717) is 0 Å². The fourth-order valence-corrected chi connectivity index (χ4v) is 2.08. The smallest absolute Gasteiger partial charge is 0.268 e. The zero-order valence-electron chi connectivity index (χ0n) is 7.22. The van der Waals surface area contributed by atoms with Gasteiger partial charge in [-0.3, -0.25) is 13.9 Å². The number of aromatic nitrogens is 1. The van der Waals surface area contributed by atoms with Crippen LogP contribution in [0.1, 0.15) is 10.5 Å². The molecule has 1 amide bonds. The Hall–Kier alpha value is -0.870. The molecule has 0 saturated carbocycles. The van der Waals surface area contributed by atoms with Gasteiger partial charge in [-0.15, -0.1) is 11.3 Å². The summed E-state index contributed by atoms with van der Waals surface area (Å²) in [6.07, 6.45) is 0. The number of primary amides is 1. The van der Waals surface area contributed by atoms with Crippen LogP contribution in [0, 0.1) is 0 Å². The largest absolute Gasteiger partial charge is 0.364 e. The highest BCUT2D eigenvalue weighted by Gasteiger charge is 2.12. The van der Waals surface area contributed by atoms with Gasteiger partial charge >= 0.3 is 0 Å². The summed E-state index contributed by atoms with van der Waals surface area (Å²) < 4.78 is 23.0. The van der Waals surface area contributed by atoms with Crippen LogP contribution in [-0.2, 0) is 0 Å². The average molecular weight is 238 g/mol. The monoisotopic (exact) mass is 238 g/mol. The van der Waals surface area contributed by atoms with Crippen LogP contribution < -0.4 is 15.2 Å². The van der Waals surface area contributed by atoms with Crippen molar-refractivity contribution in [1.82, 2.24) is 9.71 Å². The van der Waals surface area contributed by atoms with Crippen LogP contribution in [0.4, 0.5) is 5.13 Å². The van der Waals surface area contributed by atoms with Gasteiger partial charge in [0, 0.05) is 12.4 Å². The summed E-state index contributed by atoms with van der Waals surface area (Å²) in [5, 5.41) is 1.64. The second-order valence-corrected chi connectivity index (χ2v) is 4.83. The molecule has 6 N–H and O–H groups in total. The van der Waals surface area contributed by atoms with E-state index in [0.717, 1.165) is 11.3 Å². The van der Waals surface area contributed by atoms with E-state index in [1.807, 2.05) is 0 Å². The molecule has 1 aromatic rings. The third kappa shape index (κ3) is 2.82. The fourth-order valence-electron chi connectivity index (χ4n) is 0.607. The lowest BCUT2D eigenvalue weighted by atomic mass is 10.5. The number of anilines is 1. The van der Waals surface area contributed by atoms with Crippen molar-refractivity contribution in [2.24, 2.45) is 5.73 Å². The van der Waals surface area contributed by atoms with Crippen LogP contribution in [0.2, 0.25) is 0 Å². The molecular weight excluding hydrogens is 228 g/mol. The SMILES string of the molecule is CNS(O)(O)Nc1nc(C(N)=O)cs1. The number of thiazole rings is 1. The zero-order valence-corrected chi connectivity index (χ0v) is 8.85. The fraction of sp³-hybridized carbons (Fsp3) is 0.200. The molecule has 0 fully saturated rings. The molecule has 0 aliphatic carbocycles. The van der Waals surface area contributed by atoms with E-state index in [4.69, 9.17) is 5.73 Å². The van der Waals surface area contributed by atoms with Gasteiger partial charge in [0.1, 0.15) is 5.69 Å². The van der Waals surface area contributed by atoms with Crippen LogP contribution in [0.25, 0.3) is 0 Å². The number of amides is 1. The van der Waals surface area contributed by atoms with Gasteiger partial charge in [-0.2, -0.15) is 0 Å². The van der Waals surface area contributed by atoms with Crippen molar-refractivity contribution in [2.45, 2.75) is 0 Å². The van der Waals surface area contributed by atoms with Crippen LogP contribution in [0.5, 0.6) is 0 Å². The van der Waals surface area contributed by atoms with Crippen molar-refractivity contribution in [2.75, 3.05) is 11.8 Å². The Morgan fingerprint density at radius 1 is 1.71 bits per heavy atom. The maximum atomic E-state index is 10.7. The summed E-state index contributed by atoms with van der Waals surface area (Å²) in [7, 11) is -1.71. The predicted octanol–water partition coefficient (Wildman–Crippen LogP) is 0.454. The first-order chi connectivity index (χ1) is 6.44. The Kier molecular flexibility index (Phi) is 3.29.